The van der Waals surface area contributed by atoms with E-state index in [9.17, 15) is 4.79 Å². The molecular weight excluding hydrogens is 334 g/mol. The maximum Gasteiger partial charge on any atom is 0.254 e. The van der Waals surface area contributed by atoms with Crippen LogP contribution in [0.15, 0.2) is 54.6 Å². The van der Waals surface area contributed by atoms with Crippen LogP contribution in [-0.4, -0.2) is 46.9 Å². The molecule has 0 bridgehead atoms. The van der Waals surface area contributed by atoms with Crippen molar-refractivity contribution in [3.8, 4) is 0 Å². The molecule has 0 spiro atoms. The lowest BCUT2D eigenvalue weighted by atomic mass is 10.0. The van der Waals surface area contributed by atoms with Gasteiger partial charge in [-0.2, -0.15) is 0 Å². The number of carbonyl (C=O) groups is 1. The summed E-state index contributed by atoms with van der Waals surface area (Å²) in [5.41, 5.74) is 5.03. The van der Waals surface area contributed by atoms with E-state index in [0.29, 0.717) is 0 Å². The monoisotopic (exact) mass is 359 g/mol. The van der Waals surface area contributed by atoms with Crippen molar-refractivity contribution in [1.29, 1.82) is 0 Å². The van der Waals surface area contributed by atoms with Crippen LogP contribution in [-0.2, 0) is 6.54 Å². The van der Waals surface area contributed by atoms with Gasteiger partial charge in [0.2, 0.25) is 0 Å². The molecule has 1 aliphatic rings. The van der Waals surface area contributed by atoms with Gasteiger partial charge in [-0.3, -0.25) is 14.7 Å². The number of nitrogens with zero attached hydrogens (tertiary/aromatic N) is 3. The molecule has 4 rings (SSSR count). The Balaban J connectivity index is 1.50. The minimum absolute atomic E-state index is 0.121. The molecule has 1 saturated heterocycles. The number of benzene rings is 2. The predicted molar refractivity (Wildman–Crippen MR) is 109 cm³/mol. The second kappa shape index (κ2) is 7.49. The maximum absolute atomic E-state index is 13.2. The Morgan fingerprint density at radius 3 is 2.44 bits per heavy atom. The zero-order valence-electron chi connectivity index (χ0n) is 16.0. The molecule has 0 aliphatic carbocycles. The van der Waals surface area contributed by atoms with Crippen LogP contribution in [0.4, 0.5) is 0 Å². The van der Waals surface area contributed by atoms with Crippen molar-refractivity contribution in [3.63, 3.8) is 0 Å². The molecule has 0 radical (unpaired) electrons. The van der Waals surface area contributed by atoms with Gasteiger partial charge in [0.1, 0.15) is 0 Å². The lowest BCUT2D eigenvalue weighted by Gasteiger charge is -2.35. The molecule has 1 fully saturated rings. The van der Waals surface area contributed by atoms with Gasteiger partial charge in [0.25, 0.3) is 5.91 Å². The first-order valence-electron chi connectivity index (χ1n) is 9.54. The zero-order chi connectivity index (χ0) is 18.8. The summed E-state index contributed by atoms with van der Waals surface area (Å²) in [5, 5.41) is 0.956. The third-order valence-electron chi connectivity index (χ3n) is 5.23. The fourth-order valence-corrected chi connectivity index (χ4v) is 3.77. The SMILES string of the molecule is Cc1ccc2nc(C)cc(C(=O)N3CCN(Cc4ccccc4)CC3)c2c1. The molecule has 4 heteroatoms. The predicted octanol–water partition coefficient (Wildman–Crippen LogP) is 3.81. The second-order valence-corrected chi connectivity index (χ2v) is 7.39. The van der Waals surface area contributed by atoms with Crippen LogP contribution in [0.1, 0.15) is 27.2 Å². The smallest absolute Gasteiger partial charge is 0.254 e. The number of hydrogen-bond donors (Lipinski definition) is 0. The second-order valence-electron chi connectivity index (χ2n) is 7.39. The number of piperazine rings is 1. The highest BCUT2D eigenvalue weighted by Crippen LogP contribution is 2.22. The summed E-state index contributed by atoms with van der Waals surface area (Å²) >= 11 is 0. The minimum Gasteiger partial charge on any atom is -0.336 e. The molecule has 2 aromatic carbocycles. The van der Waals surface area contributed by atoms with Gasteiger partial charge in [-0.05, 0) is 37.6 Å². The van der Waals surface area contributed by atoms with Gasteiger partial charge in [0.15, 0.2) is 0 Å². The number of carbonyl (C=O) groups excluding carboxylic acids is 1. The van der Waals surface area contributed by atoms with E-state index in [1.54, 1.807) is 0 Å². The van der Waals surface area contributed by atoms with Crippen LogP contribution >= 0.6 is 0 Å². The van der Waals surface area contributed by atoms with Gasteiger partial charge in [-0.1, -0.05) is 42.0 Å². The molecule has 0 N–H and O–H groups in total. The van der Waals surface area contributed by atoms with Crippen LogP contribution in [0.5, 0.6) is 0 Å². The summed E-state index contributed by atoms with van der Waals surface area (Å²) in [5.74, 6) is 0.121. The summed E-state index contributed by atoms with van der Waals surface area (Å²) in [7, 11) is 0. The van der Waals surface area contributed by atoms with E-state index < -0.39 is 0 Å². The van der Waals surface area contributed by atoms with Gasteiger partial charge in [0, 0.05) is 43.8 Å². The van der Waals surface area contributed by atoms with Crippen LogP contribution in [0.2, 0.25) is 0 Å². The van der Waals surface area contributed by atoms with Crippen molar-refractivity contribution in [1.82, 2.24) is 14.8 Å². The van der Waals surface area contributed by atoms with Gasteiger partial charge < -0.3 is 4.90 Å². The number of rotatable bonds is 3. The number of fused-ring (bicyclic) bond motifs is 1. The highest BCUT2D eigenvalue weighted by Gasteiger charge is 2.24. The maximum atomic E-state index is 13.2. The highest BCUT2D eigenvalue weighted by atomic mass is 16.2. The van der Waals surface area contributed by atoms with Crippen molar-refractivity contribution >= 4 is 16.8 Å². The van der Waals surface area contributed by atoms with Crippen molar-refractivity contribution in [3.05, 3.63) is 77.0 Å². The van der Waals surface area contributed by atoms with E-state index in [1.807, 2.05) is 36.1 Å². The summed E-state index contributed by atoms with van der Waals surface area (Å²) in [6, 6.07) is 18.6. The average molecular weight is 359 g/mol. The van der Waals surface area contributed by atoms with E-state index >= 15 is 0 Å². The van der Waals surface area contributed by atoms with Crippen LogP contribution in [0.3, 0.4) is 0 Å². The van der Waals surface area contributed by atoms with Crippen molar-refractivity contribution in [2.24, 2.45) is 0 Å². The molecule has 1 amide bonds. The minimum atomic E-state index is 0.121. The molecular formula is C23H25N3O. The number of aryl methyl sites for hydroxylation is 2. The molecule has 0 atom stereocenters. The normalized spacial score (nSPS) is 15.3. The molecule has 2 heterocycles. The van der Waals surface area contributed by atoms with Crippen LogP contribution < -0.4 is 0 Å². The van der Waals surface area contributed by atoms with Crippen molar-refractivity contribution in [2.75, 3.05) is 26.2 Å². The highest BCUT2D eigenvalue weighted by molar-refractivity contribution is 6.06. The standard InChI is InChI=1S/C23H25N3O/c1-17-8-9-22-20(14-17)21(15-18(2)24-22)23(27)26-12-10-25(11-13-26)16-19-6-4-3-5-7-19/h3-9,14-15H,10-13,16H2,1-2H3. The Morgan fingerprint density at radius 1 is 0.963 bits per heavy atom. The zero-order valence-corrected chi connectivity index (χ0v) is 16.0. The number of pyridine rings is 1. The quantitative estimate of drug-likeness (QED) is 0.713. The summed E-state index contributed by atoms with van der Waals surface area (Å²) in [6.07, 6.45) is 0. The van der Waals surface area contributed by atoms with Crippen molar-refractivity contribution in [2.45, 2.75) is 20.4 Å². The molecule has 138 valence electrons. The summed E-state index contributed by atoms with van der Waals surface area (Å²) in [6.45, 7) is 8.28. The van der Waals surface area contributed by atoms with E-state index in [1.165, 1.54) is 5.56 Å². The number of amides is 1. The third-order valence-corrected chi connectivity index (χ3v) is 5.23. The average Bonchev–Trinajstić information content (AvgIpc) is 2.68. The number of aromatic nitrogens is 1. The fraction of sp³-hybridized carbons (Fsp3) is 0.304. The molecule has 3 aromatic rings. The van der Waals surface area contributed by atoms with Gasteiger partial charge >= 0.3 is 0 Å². The van der Waals surface area contributed by atoms with Crippen LogP contribution in [0.25, 0.3) is 10.9 Å². The largest absolute Gasteiger partial charge is 0.336 e. The molecule has 1 aromatic heterocycles. The number of hydrogen-bond acceptors (Lipinski definition) is 3. The van der Waals surface area contributed by atoms with E-state index in [2.05, 4.69) is 47.1 Å². The molecule has 0 unspecified atom stereocenters. The Bertz CT molecular complexity index is 960. The fourth-order valence-electron chi connectivity index (χ4n) is 3.77. The Hall–Kier alpha value is -2.72. The first-order valence-corrected chi connectivity index (χ1v) is 9.54. The third kappa shape index (κ3) is 3.86. The first-order chi connectivity index (χ1) is 13.1. The Morgan fingerprint density at radius 2 is 1.70 bits per heavy atom. The van der Waals surface area contributed by atoms with Crippen LogP contribution in [0, 0.1) is 13.8 Å². The van der Waals surface area contributed by atoms with E-state index in [0.717, 1.165) is 60.4 Å². The Labute approximate surface area is 160 Å². The van der Waals surface area contributed by atoms with Gasteiger partial charge in [-0.25, -0.2) is 0 Å². The van der Waals surface area contributed by atoms with Gasteiger partial charge in [-0.15, -0.1) is 0 Å². The van der Waals surface area contributed by atoms with Crippen molar-refractivity contribution < 1.29 is 4.79 Å². The van der Waals surface area contributed by atoms with E-state index in [4.69, 9.17) is 0 Å². The molecule has 27 heavy (non-hydrogen) atoms. The van der Waals surface area contributed by atoms with Gasteiger partial charge in [0.05, 0.1) is 11.1 Å². The Kier molecular flexibility index (Phi) is 4.90. The lowest BCUT2D eigenvalue weighted by Crippen LogP contribution is -2.48. The molecule has 4 nitrogen and oxygen atoms in total. The lowest BCUT2D eigenvalue weighted by molar-refractivity contribution is 0.0630. The molecule has 0 saturated carbocycles. The molecule has 1 aliphatic heterocycles. The topological polar surface area (TPSA) is 36.4 Å². The summed E-state index contributed by atoms with van der Waals surface area (Å²) < 4.78 is 0. The first kappa shape index (κ1) is 17.7. The van der Waals surface area contributed by atoms with E-state index in [-0.39, 0.29) is 5.91 Å². The summed E-state index contributed by atoms with van der Waals surface area (Å²) in [4.78, 5) is 22.2.